The first-order chi connectivity index (χ1) is 21.2. The summed E-state index contributed by atoms with van der Waals surface area (Å²) in [5.74, 6) is 1.98. The zero-order valence-corrected chi connectivity index (χ0v) is 25.6. The number of aromatic amines is 1. The van der Waals surface area contributed by atoms with Gasteiger partial charge in [0.05, 0.1) is 44.1 Å². The van der Waals surface area contributed by atoms with Crippen molar-refractivity contribution in [2.45, 2.75) is 45.6 Å². The SMILES string of the molecule is COc1cc2c(c(OC)c1OC)-c1ccc(NCCCC(=O)Nc3ccc4nc(C)[nH]c4c3)c(=O)cc1C(NC(C)=O)CC2. The average molecular weight is 600 g/mol. The van der Waals surface area contributed by atoms with Crippen molar-refractivity contribution in [3.63, 3.8) is 0 Å². The number of imidazole rings is 1. The van der Waals surface area contributed by atoms with Gasteiger partial charge in [0.2, 0.25) is 23.0 Å². The number of aromatic nitrogens is 2. The van der Waals surface area contributed by atoms with Gasteiger partial charge in [0, 0.05) is 31.1 Å². The van der Waals surface area contributed by atoms with Gasteiger partial charge in [-0.25, -0.2) is 4.98 Å². The van der Waals surface area contributed by atoms with Crippen molar-refractivity contribution in [2.75, 3.05) is 38.5 Å². The largest absolute Gasteiger partial charge is 0.493 e. The van der Waals surface area contributed by atoms with Gasteiger partial charge in [-0.2, -0.15) is 0 Å². The van der Waals surface area contributed by atoms with Crippen LogP contribution in [0.5, 0.6) is 17.2 Å². The summed E-state index contributed by atoms with van der Waals surface area (Å²) < 4.78 is 17.1. The van der Waals surface area contributed by atoms with E-state index in [0.29, 0.717) is 60.0 Å². The van der Waals surface area contributed by atoms with Crippen molar-refractivity contribution in [3.8, 4) is 28.4 Å². The van der Waals surface area contributed by atoms with Gasteiger partial charge < -0.3 is 35.1 Å². The number of nitrogens with zero attached hydrogens (tertiary/aromatic N) is 1. The van der Waals surface area contributed by atoms with Crippen LogP contribution >= 0.6 is 0 Å². The highest BCUT2D eigenvalue weighted by atomic mass is 16.5. The molecule has 1 unspecified atom stereocenters. The molecule has 1 aliphatic rings. The maximum absolute atomic E-state index is 13.5. The number of aryl methyl sites for hydroxylation is 2. The lowest BCUT2D eigenvalue weighted by molar-refractivity contribution is -0.119. The molecule has 1 aliphatic carbocycles. The number of hydrogen-bond donors (Lipinski definition) is 4. The molecule has 3 aromatic carbocycles. The van der Waals surface area contributed by atoms with Gasteiger partial charge >= 0.3 is 0 Å². The summed E-state index contributed by atoms with van der Waals surface area (Å²) >= 11 is 0. The van der Waals surface area contributed by atoms with Gasteiger partial charge in [-0.1, -0.05) is 6.07 Å². The van der Waals surface area contributed by atoms with Crippen LogP contribution in [0.2, 0.25) is 0 Å². The molecule has 1 atom stereocenters. The van der Waals surface area contributed by atoms with Crippen molar-refractivity contribution in [1.82, 2.24) is 15.3 Å². The number of amides is 2. The molecule has 2 amide bonds. The second-order valence-corrected chi connectivity index (χ2v) is 10.7. The Bertz CT molecular complexity index is 1780. The fourth-order valence-electron chi connectivity index (χ4n) is 5.76. The van der Waals surface area contributed by atoms with Crippen LogP contribution in [0.4, 0.5) is 11.4 Å². The zero-order valence-electron chi connectivity index (χ0n) is 25.6. The van der Waals surface area contributed by atoms with E-state index in [4.69, 9.17) is 14.2 Å². The quantitative estimate of drug-likeness (QED) is 0.189. The van der Waals surface area contributed by atoms with Gasteiger partial charge in [-0.3, -0.25) is 14.4 Å². The number of ether oxygens (including phenoxy) is 3. The average Bonchev–Trinajstić information content (AvgIpc) is 3.21. The van der Waals surface area contributed by atoms with Crippen molar-refractivity contribution in [1.29, 1.82) is 0 Å². The maximum atomic E-state index is 13.5. The summed E-state index contributed by atoms with van der Waals surface area (Å²) in [4.78, 5) is 45.8. The molecule has 0 radical (unpaired) electrons. The predicted octanol–water partition coefficient (Wildman–Crippen LogP) is 4.88. The Balaban J connectivity index is 1.37. The van der Waals surface area contributed by atoms with Crippen molar-refractivity contribution in [3.05, 3.63) is 69.6 Å². The van der Waals surface area contributed by atoms with E-state index in [9.17, 15) is 14.4 Å². The first-order valence-corrected chi connectivity index (χ1v) is 14.5. The number of H-pyrrole nitrogens is 1. The topological polar surface area (TPSA) is 144 Å². The highest BCUT2D eigenvalue weighted by molar-refractivity contribution is 5.93. The fraction of sp³-hybridized carbons (Fsp3) is 0.333. The number of carbonyl (C=O) groups is 2. The van der Waals surface area contributed by atoms with E-state index in [1.54, 1.807) is 33.5 Å². The summed E-state index contributed by atoms with van der Waals surface area (Å²) in [6.45, 7) is 3.76. The van der Waals surface area contributed by atoms with Crippen LogP contribution in [0.3, 0.4) is 0 Å². The van der Waals surface area contributed by atoms with Crippen LogP contribution in [0.25, 0.3) is 22.2 Å². The molecule has 0 aliphatic heterocycles. The van der Waals surface area contributed by atoms with E-state index in [1.807, 2.05) is 37.3 Å². The molecule has 0 saturated carbocycles. The van der Waals surface area contributed by atoms with Gasteiger partial charge in [0.15, 0.2) is 11.5 Å². The van der Waals surface area contributed by atoms with Crippen molar-refractivity contribution >= 4 is 34.2 Å². The van der Waals surface area contributed by atoms with E-state index >= 15 is 0 Å². The molecular weight excluding hydrogens is 562 g/mol. The molecule has 0 spiro atoms. The first kappa shape index (κ1) is 30.4. The molecule has 0 fully saturated rings. The van der Waals surface area contributed by atoms with Crippen molar-refractivity contribution < 1.29 is 23.8 Å². The summed E-state index contributed by atoms with van der Waals surface area (Å²) in [6, 6.07) is 12.2. The lowest BCUT2D eigenvalue weighted by Crippen LogP contribution is -2.26. The highest BCUT2D eigenvalue weighted by Gasteiger charge is 2.29. The maximum Gasteiger partial charge on any atom is 0.224 e. The smallest absolute Gasteiger partial charge is 0.224 e. The van der Waals surface area contributed by atoms with Crippen LogP contribution in [0, 0.1) is 6.92 Å². The minimum absolute atomic E-state index is 0.124. The molecule has 11 nitrogen and oxygen atoms in total. The van der Waals surface area contributed by atoms with Crippen LogP contribution < -0.4 is 35.6 Å². The number of benzene rings is 2. The Kier molecular flexibility index (Phi) is 9.03. The van der Waals surface area contributed by atoms with E-state index in [0.717, 1.165) is 33.5 Å². The Hall–Kier alpha value is -5.06. The van der Waals surface area contributed by atoms with Crippen LogP contribution in [-0.4, -0.2) is 49.7 Å². The Labute approximate surface area is 255 Å². The fourth-order valence-corrected chi connectivity index (χ4v) is 5.76. The standard InChI is InChI=1S/C33H37N5O6/c1-18-35-25-12-9-21(16-27(25)36-18)38-30(41)7-6-14-34-26-13-10-22-23(17-28(26)40)24(37-19(2)39)11-8-20-15-29(42-3)32(43-4)33(44-5)31(20)22/h9-10,12-13,15-17,24H,6-8,11,14H2,1-5H3,(H,34,40)(H,35,36)(H,37,39)(H,38,41). The summed E-state index contributed by atoms with van der Waals surface area (Å²) in [7, 11) is 4.68. The van der Waals surface area contributed by atoms with Crippen LogP contribution in [-0.2, 0) is 16.0 Å². The number of nitrogens with one attached hydrogen (secondary N) is 4. The third-order valence-corrected chi connectivity index (χ3v) is 7.70. The van der Waals surface area contributed by atoms with Crippen LogP contribution in [0.15, 0.2) is 47.3 Å². The van der Waals surface area contributed by atoms with E-state index < -0.39 is 6.04 Å². The van der Waals surface area contributed by atoms with Gasteiger partial charge in [0.25, 0.3) is 0 Å². The molecule has 0 bridgehead atoms. The molecule has 44 heavy (non-hydrogen) atoms. The molecule has 4 aromatic rings. The number of anilines is 2. The normalized spacial score (nSPS) is 13.7. The Morgan fingerprint density at radius 1 is 1.02 bits per heavy atom. The third kappa shape index (κ3) is 6.31. The predicted molar refractivity (Wildman–Crippen MR) is 170 cm³/mol. The second kappa shape index (κ2) is 13.1. The summed E-state index contributed by atoms with van der Waals surface area (Å²) in [5.41, 5.74) is 5.74. The first-order valence-electron chi connectivity index (χ1n) is 14.5. The molecule has 4 N–H and O–H groups in total. The van der Waals surface area contributed by atoms with Crippen LogP contribution in [0.1, 0.15) is 49.2 Å². The molecule has 11 heteroatoms. The molecule has 0 saturated heterocycles. The van der Waals surface area contributed by atoms with Gasteiger partial charge in [0.1, 0.15) is 5.82 Å². The molecular formula is C33H37N5O6. The zero-order chi connectivity index (χ0) is 31.4. The number of carbonyl (C=O) groups excluding carboxylic acids is 2. The Morgan fingerprint density at radius 2 is 1.82 bits per heavy atom. The molecule has 5 rings (SSSR count). The number of rotatable bonds is 10. The summed E-state index contributed by atoms with van der Waals surface area (Å²) in [5, 5.41) is 9.13. The van der Waals surface area contributed by atoms with E-state index in [1.165, 1.54) is 6.92 Å². The van der Waals surface area contributed by atoms with E-state index in [2.05, 4.69) is 25.9 Å². The highest BCUT2D eigenvalue weighted by Crippen LogP contribution is 2.50. The minimum atomic E-state index is -0.391. The number of fused-ring (bicyclic) bond motifs is 4. The van der Waals surface area contributed by atoms with Gasteiger partial charge in [-0.05, 0) is 79.3 Å². The van der Waals surface area contributed by atoms with E-state index in [-0.39, 0.29) is 23.7 Å². The second-order valence-electron chi connectivity index (χ2n) is 10.7. The number of hydrogen-bond acceptors (Lipinski definition) is 8. The molecule has 1 heterocycles. The number of methoxy groups -OCH3 is 3. The monoisotopic (exact) mass is 599 g/mol. The lowest BCUT2D eigenvalue weighted by atomic mass is 9.95. The Morgan fingerprint density at radius 3 is 2.55 bits per heavy atom. The molecule has 1 aromatic heterocycles. The molecule has 230 valence electrons. The van der Waals surface area contributed by atoms with Gasteiger partial charge in [-0.15, -0.1) is 0 Å². The summed E-state index contributed by atoms with van der Waals surface area (Å²) in [6.07, 6.45) is 1.98. The lowest BCUT2D eigenvalue weighted by Gasteiger charge is -2.19. The third-order valence-electron chi connectivity index (χ3n) is 7.70. The minimum Gasteiger partial charge on any atom is -0.493 e. The van der Waals surface area contributed by atoms with Crippen molar-refractivity contribution in [2.24, 2.45) is 0 Å².